The van der Waals surface area contributed by atoms with Crippen molar-refractivity contribution in [1.82, 2.24) is 5.39 Å². The third-order valence-corrected chi connectivity index (χ3v) is 1.33. The number of hydrogen-bond donors (Lipinski definition) is 2. The van der Waals surface area contributed by atoms with Crippen LogP contribution < -0.4 is 10.2 Å². The Hall–Kier alpha value is -1.49. The quantitative estimate of drug-likeness (QED) is 0.481. The van der Waals surface area contributed by atoms with Gasteiger partial charge in [-0.25, -0.2) is 10.2 Å². The number of nitrogens with one attached hydrogen (secondary N) is 1. The molecule has 0 atom stereocenters. The Labute approximate surface area is 70.5 Å². The molecule has 0 radical (unpaired) electrons. The summed E-state index contributed by atoms with van der Waals surface area (Å²) in [5, 5.41) is 11.1. The molecule has 0 aliphatic rings. The predicted molar refractivity (Wildman–Crippen MR) is 45.7 cm³/mol. The molecule has 1 rings (SSSR count). The van der Waals surface area contributed by atoms with Crippen LogP contribution in [0.3, 0.4) is 0 Å². The molecule has 0 aromatic heterocycles. The third-order valence-electron chi connectivity index (χ3n) is 1.33. The Bertz CT molecular complexity index is 290. The van der Waals surface area contributed by atoms with Gasteiger partial charge in [-0.1, -0.05) is 12.1 Å². The van der Waals surface area contributed by atoms with E-state index < -0.39 is 5.97 Å². The molecule has 1 aromatic rings. The molecule has 0 aliphatic carbocycles. The zero-order valence-corrected chi connectivity index (χ0v) is 6.57. The molecule has 0 saturated heterocycles. The van der Waals surface area contributed by atoms with Gasteiger partial charge in [0.2, 0.25) is 7.98 Å². The topological polar surface area (TPSA) is 58.6 Å². The normalized spacial score (nSPS) is 9.33. The summed E-state index contributed by atoms with van der Waals surface area (Å²) >= 11 is 0. The van der Waals surface area contributed by atoms with Crippen LogP contribution in [0.5, 0.6) is 5.75 Å². The van der Waals surface area contributed by atoms with Crippen molar-refractivity contribution in [3.8, 4) is 5.75 Å². The van der Waals surface area contributed by atoms with Gasteiger partial charge in [0.1, 0.15) is 5.56 Å². The van der Waals surface area contributed by atoms with Crippen molar-refractivity contribution in [2.24, 2.45) is 0 Å². The van der Waals surface area contributed by atoms with Crippen LogP contribution in [0.25, 0.3) is 0 Å². The first-order chi connectivity index (χ1) is 5.75. The molecular weight excluding hydrogens is 157 g/mol. The molecule has 0 unspecified atom stereocenters. The van der Waals surface area contributed by atoms with Crippen molar-refractivity contribution >= 4 is 14.0 Å². The zero-order valence-electron chi connectivity index (χ0n) is 6.57. The lowest BCUT2D eigenvalue weighted by Gasteiger charge is -2.05. The maximum atomic E-state index is 10.6. The van der Waals surface area contributed by atoms with E-state index in [1.54, 1.807) is 26.2 Å². The van der Waals surface area contributed by atoms with Crippen molar-refractivity contribution in [3.63, 3.8) is 0 Å². The highest BCUT2D eigenvalue weighted by atomic mass is 16.6. The minimum Gasteiger partial charge on any atom is -0.478 e. The van der Waals surface area contributed by atoms with Crippen LogP contribution in [0.1, 0.15) is 10.4 Å². The first-order valence-electron chi connectivity index (χ1n) is 3.41. The largest absolute Gasteiger partial charge is 0.478 e. The minimum atomic E-state index is -0.999. The van der Waals surface area contributed by atoms with Gasteiger partial charge >= 0.3 is 5.97 Å². The maximum absolute atomic E-state index is 10.6. The van der Waals surface area contributed by atoms with E-state index >= 15 is 0 Å². The van der Waals surface area contributed by atoms with Crippen molar-refractivity contribution in [2.75, 3.05) is 0 Å². The number of hydrogen-bond acceptors (Lipinski definition) is 3. The number of para-hydroxylation sites is 1. The van der Waals surface area contributed by atoms with E-state index in [0.29, 0.717) is 5.75 Å². The van der Waals surface area contributed by atoms with Gasteiger partial charge in [-0.3, -0.25) is 0 Å². The van der Waals surface area contributed by atoms with Crippen LogP contribution in [0.4, 0.5) is 0 Å². The first-order valence-corrected chi connectivity index (χ1v) is 3.41. The average Bonchev–Trinajstić information content (AvgIpc) is 2.05. The molecule has 0 fully saturated rings. The highest BCUT2D eigenvalue weighted by Crippen LogP contribution is 2.16. The number of carbonyl (C=O) groups is 1. The molecule has 0 aliphatic heterocycles. The standard InChI is InChI=1S/C7H8BNO3/c8-9-12-6-4-2-1-3-5(6)7(10)11/h1-4,9H,8H2,(H,10,11). The second-order valence-electron chi connectivity index (χ2n) is 2.11. The van der Waals surface area contributed by atoms with Gasteiger partial charge in [0.25, 0.3) is 0 Å². The monoisotopic (exact) mass is 165 g/mol. The maximum Gasteiger partial charge on any atom is 0.339 e. The number of benzene rings is 1. The molecule has 1 aromatic carbocycles. The predicted octanol–water partition coefficient (Wildman–Crippen LogP) is -0.184. The number of rotatable bonds is 3. The van der Waals surface area contributed by atoms with Gasteiger partial charge in [-0.05, 0) is 12.1 Å². The van der Waals surface area contributed by atoms with Gasteiger partial charge in [0.15, 0.2) is 5.75 Å². The molecule has 0 amide bonds. The van der Waals surface area contributed by atoms with E-state index in [2.05, 4.69) is 5.39 Å². The van der Waals surface area contributed by atoms with Crippen molar-refractivity contribution in [3.05, 3.63) is 29.8 Å². The molecule has 2 N–H and O–H groups in total. The summed E-state index contributed by atoms with van der Waals surface area (Å²) in [4.78, 5) is 15.5. The summed E-state index contributed by atoms with van der Waals surface area (Å²) in [6.07, 6.45) is 0. The Kier molecular flexibility index (Phi) is 2.71. The van der Waals surface area contributed by atoms with E-state index in [1.807, 2.05) is 0 Å². The summed E-state index contributed by atoms with van der Waals surface area (Å²) < 4.78 is 0. The Morgan fingerprint density at radius 2 is 2.17 bits per heavy atom. The van der Waals surface area contributed by atoms with Gasteiger partial charge in [0.05, 0.1) is 0 Å². The third kappa shape index (κ3) is 1.76. The fourth-order valence-corrected chi connectivity index (χ4v) is 0.842. The van der Waals surface area contributed by atoms with E-state index in [-0.39, 0.29) is 5.56 Å². The van der Waals surface area contributed by atoms with Gasteiger partial charge in [-0.2, -0.15) is 0 Å². The summed E-state index contributed by atoms with van der Waals surface area (Å²) in [7, 11) is 1.57. The zero-order chi connectivity index (χ0) is 8.97. The summed E-state index contributed by atoms with van der Waals surface area (Å²) in [6, 6.07) is 6.42. The second kappa shape index (κ2) is 3.78. The van der Waals surface area contributed by atoms with Crippen molar-refractivity contribution < 1.29 is 14.7 Å². The Morgan fingerprint density at radius 3 is 2.75 bits per heavy atom. The lowest BCUT2D eigenvalue weighted by atomic mass is 10.2. The van der Waals surface area contributed by atoms with Gasteiger partial charge < -0.3 is 9.94 Å². The van der Waals surface area contributed by atoms with Crippen LogP contribution >= 0.6 is 0 Å². The fourth-order valence-electron chi connectivity index (χ4n) is 0.842. The fraction of sp³-hybridized carbons (Fsp3) is 0. The molecular formula is C7H8BNO3. The van der Waals surface area contributed by atoms with Crippen molar-refractivity contribution in [2.45, 2.75) is 0 Å². The summed E-state index contributed by atoms with van der Waals surface area (Å²) in [5.41, 5.74) is 0.145. The smallest absolute Gasteiger partial charge is 0.339 e. The van der Waals surface area contributed by atoms with Crippen LogP contribution in [0, 0.1) is 0 Å². The Morgan fingerprint density at radius 1 is 1.50 bits per heavy atom. The number of carboxylic acids is 1. The van der Waals surface area contributed by atoms with E-state index in [9.17, 15) is 4.79 Å². The molecule has 12 heavy (non-hydrogen) atoms. The number of aromatic carboxylic acids is 1. The SMILES string of the molecule is BNOc1ccccc1C(=O)O. The average molecular weight is 165 g/mol. The molecule has 4 nitrogen and oxygen atoms in total. The van der Waals surface area contributed by atoms with Crippen LogP contribution in [-0.2, 0) is 0 Å². The summed E-state index contributed by atoms with van der Waals surface area (Å²) in [6.45, 7) is 0. The minimum absolute atomic E-state index is 0.145. The highest BCUT2D eigenvalue weighted by molar-refractivity contribution is 6.03. The first kappa shape index (κ1) is 8.61. The number of carboxylic acid groups (broad SMARTS) is 1. The summed E-state index contributed by atoms with van der Waals surface area (Å²) in [5.74, 6) is -0.687. The second-order valence-corrected chi connectivity index (χ2v) is 2.11. The molecule has 0 saturated carbocycles. The highest BCUT2D eigenvalue weighted by Gasteiger charge is 2.08. The van der Waals surface area contributed by atoms with E-state index in [0.717, 1.165) is 0 Å². The molecule has 5 heteroatoms. The van der Waals surface area contributed by atoms with E-state index in [4.69, 9.17) is 9.94 Å². The lowest BCUT2D eigenvalue weighted by Crippen LogP contribution is -2.15. The van der Waals surface area contributed by atoms with Crippen molar-refractivity contribution in [1.29, 1.82) is 0 Å². The Balaban J connectivity index is 3.00. The molecule has 0 heterocycles. The van der Waals surface area contributed by atoms with Crippen LogP contribution in [0.2, 0.25) is 0 Å². The van der Waals surface area contributed by atoms with Crippen LogP contribution in [0.15, 0.2) is 24.3 Å². The van der Waals surface area contributed by atoms with Crippen LogP contribution in [-0.4, -0.2) is 19.1 Å². The van der Waals surface area contributed by atoms with Gasteiger partial charge in [0, 0.05) is 0 Å². The van der Waals surface area contributed by atoms with E-state index in [1.165, 1.54) is 6.07 Å². The van der Waals surface area contributed by atoms with Gasteiger partial charge in [-0.15, -0.1) is 0 Å². The lowest BCUT2D eigenvalue weighted by molar-refractivity contribution is 0.0691. The molecule has 0 spiro atoms. The molecule has 62 valence electrons. The molecule has 0 bridgehead atoms.